The Hall–Kier alpha value is -0.850. The highest BCUT2D eigenvalue weighted by Gasteiger charge is 2.49. The van der Waals surface area contributed by atoms with Crippen molar-refractivity contribution in [2.24, 2.45) is 0 Å². The number of aliphatic hydroxyl groups is 1. The van der Waals surface area contributed by atoms with Gasteiger partial charge in [-0.25, -0.2) is 0 Å². The van der Waals surface area contributed by atoms with Crippen molar-refractivity contribution in [1.29, 1.82) is 0 Å². The van der Waals surface area contributed by atoms with Gasteiger partial charge in [-0.1, -0.05) is 24.3 Å². The van der Waals surface area contributed by atoms with E-state index in [4.69, 9.17) is 14.2 Å². The fourth-order valence-electron chi connectivity index (χ4n) is 2.70. The zero-order valence-electron chi connectivity index (χ0n) is 12.2. The molecule has 1 aromatic rings. The van der Waals surface area contributed by atoms with E-state index in [1.165, 1.54) is 0 Å². The molecular weight excluding hydrogens is 288 g/mol. The molecule has 3 rings (SSSR count). The number of benzene rings is 1. The van der Waals surface area contributed by atoms with Gasteiger partial charge in [-0.05, 0) is 24.1 Å². The molecule has 5 heteroatoms. The Morgan fingerprint density at radius 3 is 2.86 bits per heavy atom. The normalized spacial score (nSPS) is 32.8. The van der Waals surface area contributed by atoms with Crippen LogP contribution in [-0.4, -0.2) is 42.3 Å². The lowest BCUT2D eigenvalue weighted by Gasteiger charge is -2.23. The van der Waals surface area contributed by atoms with Gasteiger partial charge < -0.3 is 19.3 Å². The second kappa shape index (κ2) is 6.10. The predicted molar refractivity (Wildman–Crippen MR) is 81.0 cm³/mol. The molecule has 4 atom stereocenters. The number of ether oxygens (including phenoxy) is 3. The summed E-state index contributed by atoms with van der Waals surface area (Å²) in [5.74, 6) is -0.396. The van der Waals surface area contributed by atoms with Crippen LogP contribution in [0, 0.1) is 0 Å². The van der Waals surface area contributed by atoms with Crippen molar-refractivity contribution in [3.05, 3.63) is 42.0 Å². The molecule has 0 bridgehead atoms. The monoisotopic (exact) mass is 308 g/mol. The van der Waals surface area contributed by atoms with Gasteiger partial charge in [0.25, 0.3) is 5.97 Å². The van der Waals surface area contributed by atoms with Gasteiger partial charge in [0, 0.05) is 24.7 Å². The lowest BCUT2D eigenvalue weighted by atomic mass is 10.1. The minimum absolute atomic E-state index is 0.0543. The van der Waals surface area contributed by atoms with E-state index in [-0.39, 0.29) is 12.2 Å². The van der Waals surface area contributed by atoms with Crippen molar-refractivity contribution < 1.29 is 19.3 Å². The zero-order valence-corrected chi connectivity index (χ0v) is 13.0. The molecule has 4 unspecified atom stereocenters. The molecule has 0 aromatic heterocycles. The molecule has 1 aliphatic carbocycles. The first-order valence-electron chi connectivity index (χ1n) is 7.08. The summed E-state index contributed by atoms with van der Waals surface area (Å²) in [6.07, 6.45) is 1.99. The smallest absolute Gasteiger partial charge is 0.280 e. The van der Waals surface area contributed by atoms with Crippen molar-refractivity contribution in [3.8, 4) is 0 Å². The standard InChI is InChI=1S/C16H20O4S/c1-16(18-2)19-14-9-8-12(15(14)20-16)13(17)10-21-11-6-4-3-5-7-11/h3-8,13-15,17H,9-10H2,1-2H3. The lowest BCUT2D eigenvalue weighted by Crippen LogP contribution is -2.31. The molecule has 1 N–H and O–H groups in total. The number of methoxy groups -OCH3 is 1. The molecule has 1 aliphatic heterocycles. The topological polar surface area (TPSA) is 47.9 Å². The van der Waals surface area contributed by atoms with Crippen LogP contribution in [0.5, 0.6) is 0 Å². The van der Waals surface area contributed by atoms with Crippen LogP contribution >= 0.6 is 11.8 Å². The Balaban J connectivity index is 1.60. The van der Waals surface area contributed by atoms with Crippen LogP contribution < -0.4 is 0 Å². The third-order valence-corrected chi connectivity index (χ3v) is 4.95. The van der Waals surface area contributed by atoms with Gasteiger partial charge in [-0.15, -0.1) is 11.8 Å². The average Bonchev–Trinajstić information content (AvgIpc) is 3.03. The molecule has 0 saturated carbocycles. The number of hydrogen-bond donors (Lipinski definition) is 1. The van der Waals surface area contributed by atoms with Gasteiger partial charge in [-0.3, -0.25) is 0 Å². The maximum atomic E-state index is 10.4. The maximum absolute atomic E-state index is 10.4. The fraction of sp³-hybridized carbons (Fsp3) is 0.500. The van der Waals surface area contributed by atoms with E-state index in [1.807, 2.05) is 36.4 Å². The van der Waals surface area contributed by atoms with Crippen molar-refractivity contribution in [2.75, 3.05) is 12.9 Å². The summed E-state index contributed by atoms with van der Waals surface area (Å²) < 4.78 is 16.8. The van der Waals surface area contributed by atoms with Crippen molar-refractivity contribution in [3.63, 3.8) is 0 Å². The van der Waals surface area contributed by atoms with E-state index in [1.54, 1.807) is 25.8 Å². The molecule has 21 heavy (non-hydrogen) atoms. The van der Waals surface area contributed by atoms with Crippen LogP contribution in [0.2, 0.25) is 0 Å². The third-order valence-electron chi connectivity index (χ3n) is 3.87. The van der Waals surface area contributed by atoms with Crippen molar-refractivity contribution >= 4 is 11.8 Å². The van der Waals surface area contributed by atoms with Gasteiger partial charge in [0.05, 0.1) is 12.2 Å². The quantitative estimate of drug-likeness (QED) is 0.669. The van der Waals surface area contributed by atoms with Gasteiger partial charge in [-0.2, -0.15) is 0 Å². The van der Waals surface area contributed by atoms with Crippen molar-refractivity contribution in [2.45, 2.75) is 42.5 Å². The fourth-order valence-corrected chi connectivity index (χ4v) is 3.60. The summed E-state index contributed by atoms with van der Waals surface area (Å²) in [4.78, 5) is 1.15. The molecule has 0 amide bonds. The van der Waals surface area contributed by atoms with Crippen LogP contribution in [-0.2, 0) is 14.2 Å². The van der Waals surface area contributed by atoms with E-state index in [9.17, 15) is 5.11 Å². The van der Waals surface area contributed by atoms with Gasteiger partial charge in [0.2, 0.25) is 0 Å². The summed E-state index contributed by atoms with van der Waals surface area (Å²) in [5, 5.41) is 10.4. The average molecular weight is 308 g/mol. The van der Waals surface area contributed by atoms with Crippen LogP contribution in [0.1, 0.15) is 13.3 Å². The summed E-state index contributed by atoms with van der Waals surface area (Å²) in [5.41, 5.74) is 0.907. The van der Waals surface area contributed by atoms with Crippen LogP contribution in [0.4, 0.5) is 0 Å². The van der Waals surface area contributed by atoms with Crippen LogP contribution in [0.25, 0.3) is 0 Å². The Morgan fingerprint density at radius 2 is 2.14 bits per heavy atom. The Bertz CT molecular complexity index is 518. The molecule has 0 radical (unpaired) electrons. The van der Waals surface area contributed by atoms with E-state index < -0.39 is 12.1 Å². The first-order chi connectivity index (χ1) is 10.1. The lowest BCUT2D eigenvalue weighted by molar-refractivity contribution is -0.317. The molecule has 2 aliphatic rings. The van der Waals surface area contributed by atoms with E-state index >= 15 is 0 Å². The number of fused-ring (bicyclic) bond motifs is 1. The van der Waals surface area contributed by atoms with Crippen LogP contribution in [0.3, 0.4) is 0 Å². The highest BCUT2D eigenvalue weighted by Crippen LogP contribution is 2.40. The van der Waals surface area contributed by atoms with Gasteiger partial charge >= 0.3 is 0 Å². The van der Waals surface area contributed by atoms with Gasteiger partial charge in [0.15, 0.2) is 0 Å². The molecule has 114 valence electrons. The largest absolute Gasteiger partial charge is 0.388 e. The SMILES string of the molecule is COC1(C)OC2CC=C(C(O)CSc3ccccc3)C2O1. The number of rotatable bonds is 5. The molecule has 0 spiro atoms. The highest BCUT2D eigenvalue weighted by atomic mass is 32.2. The summed E-state index contributed by atoms with van der Waals surface area (Å²) in [6, 6.07) is 10.1. The molecular formula is C16H20O4S. The second-order valence-corrected chi connectivity index (χ2v) is 6.43. The Kier molecular flexibility index (Phi) is 4.38. The number of thioether (sulfide) groups is 1. The minimum atomic E-state index is -0.999. The highest BCUT2D eigenvalue weighted by molar-refractivity contribution is 7.99. The Morgan fingerprint density at radius 1 is 1.38 bits per heavy atom. The van der Waals surface area contributed by atoms with Gasteiger partial charge in [0.1, 0.15) is 6.10 Å². The van der Waals surface area contributed by atoms with E-state index in [2.05, 4.69) is 0 Å². The van der Waals surface area contributed by atoms with Crippen LogP contribution in [0.15, 0.2) is 46.9 Å². The molecule has 1 aromatic carbocycles. The number of hydrogen-bond acceptors (Lipinski definition) is 5. The maximum Gasteiger partial charge on any atom is 0.280 e. The first-order valence-corrected chi connectivity index (χ1v) is 8.06. The minimum Gasteiger partial charge on any atom is -0.388 e. The molecule has 4 nitrogen and oxygen atoms in total. The summed E-state index contributed by atoms with van der Waals surface area (Å²) >= 11 is 1.64. The van der Waals surface area contributed by atoms with E-state index in [0.29, 0.717) is 5.75 Å². The molecule has 1 fully saturated rings. The Labute approximate surface area is 129 Å². The van der Waals surface area contributed by atoms with E-state index in [0.717, 1.165) is 16.9 Å². The zero-order chi connectivity index (χ0) is 14.9. The summed E-state index contributed by atoms with van der Waals surface area (Å²) in [6.45, 7) is 1.76. The first kappa shape index (κ1) is 15.1. The predicted octanol–water partition coefficient (Wildman–Crippen LogP) is 2.57. The number of aliphatic hydroxyl groups excluding tert-OH is 1. The van der Waals surface area contributed by atoms with Crippen molar-refractivity contribution in [1.82, 2.24) is 0 Å². The molecule has 1 heterocycles. The summed E-state index contributed by atoms with van der Waals surface area (Å²) in [7, 11) is 1.56. The second-order valence-electron chi connectivity index (χ2n) is 5.34. The molecule has 1 saturated heterocycles. The third kappa shape index (κ3) is 3.17.